The minimum Gasteiger partial charge on any atom is -0.384 e. The first-order valence-corrected chi connectivity index (χ1v) is 5.52. The van der Waals surface area contributed by atoms with E-state index in [1.165, 1.54) is 6.20 Å². The lowest BCUT2D eigenvalue weighted by molar-refractivity contribution is -0.384. The number of aromatic amines is 1. The summed E-state index contributed by atoms with van der Waals surface area (Å²) < 4.78 is 13.3. The van der Waals surface area contributed by atoms with Crippen LogP contribution in [0.1, 0.15) is 5.56 Å². The van der Waals surface area contributed by atoms with Gasteiger partial charge in [0.15, 0.2) is 0 Å². The Kier molecular flexibility index (Phi) is 3.52. The second kappa shape index (κ2) is 5.11. The topological polar surface area (TPSA) is 110 Å². The fraction of sp³-hybridized carbons (Fsp3) is 0.100. The fourth-order valence-electron chi connectivity index (χ4n) is 1.48. The van der Waals surface area contributed by atoms with Gasteiger partial charge in [-0.2, -0.15) is 5.10 Å². The molecule has 0 saturated carbocycles. The summed E-state index contributed by atoms with van der Waals surface area (Å²) in [5.41, 5.74) is 5.89. The summed E-state index contributed by atoms with van der Waals surface area (Å²) in [5.74, 6) is -0.403. The molecule has 0 atom stereocenters. The molecule has 2 aromatic rings. The fourth-order valence-corrected chi connectivity index (χ4v) is 1.64. The van der Waals surface area contributed by atoms with Crippen LogP contribution in [-0.4, -0.2) is 15.1 Å². The van der Waals surface area contributed by atoms with Crippen LogP contribution in [0.25, 0.3) is 0 Å². The van der Waals surface area contributed by atoms with E-state index < -0.39 is 10.7 Å². The van der Waals surface area contributed by atoms with Crippen molar-refractivity contribution >= 4 is 28.8 Å². The van der Waals surface area contributed by atoms with Gasteiger partial charge in [-0.3, -0.25) is 15.2 Å². The van der Waals surface area contributed by atoms with Gasteiger partial charge in [-0.1, -0.05) is 11.6 Å². The van der Waals surface area contributed by atoms with Crippen molar-refractivity contribution < 1.29 is 9.31 Å². The van der Waals surface area contributed by atoms with Crippen LogP contribution in [0.2, 0.25) is 5.02 Å². The Morgan fingerprint density at radius 3 is 2.89 bits per heavy atom. The van der Waals surface area contributed by atoms with Gasteiger partial charge < -0.3 is 11.1 Å². The molecule has 100 valence electrons. The number of anilines is 2. The lowest BCUT2D eigenvalue weighted by Gasteiger charge is -2.07. The number of nitrogens with one attached hydrogen (secondary N) is 2. The number of nitrogens with zero attached hydrogens (tertiary/aromatic N) is 2. The summed E-state index contributed by atoms with van der Waals surface area (Å²) in [6, 6.07) is 1.93. The number of benzene rings is 1. The molecule has 19 heavy (non-hydrogen) atoms. The highest BCUT2D eigenvalue weighted by atomic mass is 35.5. The van der Waals surface area contributed by atoms with E-state index in [1.54, 1.807) is 0 Å². The molecule has 0 aliphatic heterocycles. The third kappa shape index (κ3) is 2.74. The largest absolute Gasteiger partial charge is 0.384 e. The number of hydrogen-bond acceptors (Lipinski definition) is 5. The highest BCUT2D eigenvalue weighted by Gasteiger charge is 2.17. The number of nitro benzene ring substituents is 1. The number of nitrogens with two attached hydrogens (primary N) is 1. The highest BCUT2D eigenvalue weighted by molar-refractivity contribution is 6.31. The molecule has 1 aromatic carbocycles. The predicted octanol–water partition coefficient (Wildman–Crippen LogP) is 2.30. The Hall–Kier alpha value is -2.35. The molecule has 0 spiro atoms. The van der Waals surface area contributed by atoms with E-state index in [0.717, 1.165) is 12.1 Å². The molecule has 0 aliphatic carbocycles. The van der Waals surface area contributed by atoms with Gasteiger partial charge in [0.1, 0.15) is 17.3 Å². The highest BCUT2D eigenvalue weighted by Crippen LogP contribution is 2.30. The van der Waals surface area contributed by atoms with E-state index >= 15 is 0 Å². The molecule has 4 N–H and O–H groups in total. The Morgan fingerprint density at radius 1 is 1.58 bits per heavy atom. The molecule has 2 rings (SSSR count). The molecule has 0 fully saturated rings. The maximum Gasteiger partial charge on any atom is 0.294 e. The Labute approximate surface area is 111 Å². The van der Waals surface area contributed by atoms with Crippen molar-refractivity contribution in [1.29, 1.82) is 0 Å². The van der Waals surface area contributed by atoms with Crippen molar-refractivity contribution in [1.82, 2.24) is 10.2 Å². The number of hydrogen-bond donors (Lipinski definition) is 3. The van der Waals surface area contributed by atoms with Crippen LogP contribution in [0.15, 0.2) is 18.3 Å². The molecule has 0 unspecified atom stereocenters. The maximum atomic E-state index is 13.3. The van der Waals surface area contributed by atoms with Crippen molar-refractivity contribution in [2.45, 2.75) is 6.54 Å². The third-order valence-corrected chi connectivity index (χ3v) is 2.75. The normalized spacial score (nSPS) is 10.4. The van der Waals surface area contributed by atoms with Crippen LogP contribution in [0.5, 0.6) is 0 Å². The molecular weight excluding hydrogens is 277 g/mol. The average Bonchev–Trinajstić information content (AvgIpc) is 2.75. The van der Waals surface area contributed by atoms with E-state index in [9.17, 15) is 14.5 Å². The predicted molar refractivity (Wildman–Crippen MR) is 68.4 cm³/mol. The molecule has 9 heteroatoms. The van der Waals surface area contributed by atoms with Crippen molar-refractivity contribution in [2.75, 3.05) is 11.1 Å². The van der Waals surface area contributed by atoms with Gasteiger partial charge in [-0.15, -0.1) is 0 Å². The minimum absolute atomic E-state index is 0.0208. The lowest BCUT2D eigenvalue weighted by Crippen LogP contribution is -2.04. The summed E-state index contributed by atoms with van der Waals surface area (Å²) in [6.45, 7) is 0.171. The number of H-pyrrole nitrogens is 1. The van der Waals surface area contributed by atoms with Gasteiger partial charge in [0, 0.05) is 24.2 Å². The van der Waals surface area contributed by atoms with Crippen LogP contribution in [-0.2, 0) is 6.54 Å². The molecular formula is C10H9ClFN5O2. The molecule has 1 aromatic heterocycles. The number of nitrogen functional groups attached to an aromatic ring is 1. The van der Waals surface area contributed by atoms with E-state index in [4.69, 9.17) is 17.3 Å². The molecule has 0 saturated heterocycles. The number of rotatable bonds is 4. The first kappa shape index (κ1) is 13.1. The van der Waals surface area contributed by atoms with Crippen molar-refractivity contribution in [3.8, 4) is 0 Å². The van der Waals surface area contributed by atoms with Gasteiger partial charge >= 0.3 is 0 Å². The summed E-state index contributed by atoms with van der Waals surface area (Å²) in [6.07, 6.45) is 1.47. The third-order valence-electron chi connectivity index (χ3n) is 2.46. The van der Waals surface area contributed by atoms with Crippen LogP contribution in [0.3, 0.4) is 0 Å². The number of aromatic nitrogens is 2. The summed E-state index contributed by atoms with van der Waals surface area (Å²) in [4.78, 5) is 10.2. The Balaban J connectivity index is 2.26. The summed E-state index contributed by atoms with van der Waals surface area (Å²) in [7, 11) is 0. The van der Waals surface area contributed by atoms with Gasteiger partial charge in [0.05, 0.1) is 16.1 Å². The quantitative estimate of drug-likeness (QED) is 0.590. The standard InChI is InChI=1S/C10H9ClFN5O2/c11-6-1-9(17(18)19)8(2-7(6)12)14-3-5-4-15-16-10(5)13/h1-2,4,14H,3H2,(H3,13,15,16). The Bertz CT molecular complexity index is 630. The first-order chi connectivity index (χ1) is 8.99. The SMILES string of the molecule is Nc1[nH]ncc1CNc1cc(F)c(Cl)cc1[N+](=O)[O-]. The second-order valence-electron chi connectivity index (χ2n) is 3.70. The smallest absolute Gasteiger partial charge is 0.294 e. The van der Waals surface area contributed by atoms with E-state index in [2.05, 4.69) is 15.5 Å². The number of halogens is 2. The lowest BCUT2D eigenvalue weighted by atomic mass is 10.2. The minimum atomic E-state index is -0.741. The second-order valence-corrected chi connectivity index (χ2v) is 4.11. The monoisotopic (exact) mass is 285 g/mol. The first-order valence-electron chi connectivity index (χ1n) is 5.14. The molecule has 7 nitrogen and oxygen atoms in total. The van der Waals surface area contributed by atoms with Gasteiger partial charge in [-0.05, 0) is 0 Å². The zero-order valence-corrected chi connectivity index (χ0v) is 10.2. The maximum absolute atomic E-state index is 13.3. The van der Waals surface area contributed by atoms with Crippen molar-refractivity contribution in [3.63, 3.8) is 0 Å². The van der Waals surface area contributed by atoms with Crippen molar-refractivity contribution in [2.24, 2.45) is 0 Å². The molecule has 0 amide bonds. The van der Waals surface area contributed by atoms with Gasteiger partial charge in [-0.25, -0.2) is 4.39 Å². The van der Waals surface area contributed by atoms with Crippen molar-refractivity contribution in [3.05, 3.63) is 44.8 Å². The summed E-state index contributed by atoms with van der Waals surface area (Å²) in [5, 5.41) is 19.5. The average molecular weight is 286 g/mol. The molecule has 0 bridgehead atoms. The molecule has 0 aliphatic rings. The van der Waals surface area contributed by atoms with E-state index in [0.29, 0.717) is 11.4 Å². The summed E-state index contributed by atoms with van der Waals surface area (Å²) >= 11 is 5.51. The van der Waals surface area contributed by atoms with Gasteiger partial charge in [0.2, 0.25) is 0 Å². The van der Waals surface area contributed by atoms with Crippen LogP contribution < -0.4 is 11.1 Å². The molecule has 0 radical (unpaired) electrons. The van der Waals surface area contributed by atoms with Crippen LogP contribution >= 0.6 is 11.6 Å². The van der Waals surface area contributed by atoms with E-state index in [1.807, 2.05) is 0 Å². The van der Waals surface area contributed by atoms with Gasteiger partial charge in [0.25, 0.3) is 5.69 Å². The van der Waals surface area contributed by atoms with Crippen LogP contribution in [0, 0.1) is 15.9 Å². The Morgan fingerprint density at radius 2 is 2.32 bits per heavy atom. The van der Waals surface area contributed by atoms with Crippen LogP contribution in [0.4, 0.5) is 21.6 Å². The zero-order chi connectivity index (χ0) is 14.0. The molecule has 1 heterocycles. The number of nitro groups is 1. The zero-order valence-electron chi connectivity index (χ0n) is 9.48. The van der Waals surface area contributed by atoms with E-state index in [-0.39, 0.29) is 22.9 Å².